The fourth-order valence-electron chi connectivity index (χ4n) is 6.81. The number of fused-ring (bicyclic) bond motifs is 2. The zero-order valence-electron chi connectivity index (χ0n) is 29.3. The lowest BCUT2D eigenvalue weighted by Gasteiger charge is -2.37. The lowest BCUT2D eigenvalue weighted by atomic mass is 9.98. The maximum Gasteiger partial charge on any atom is 0.338 e. The van der Waals surface area contributed by atoms with Crippen LogP contribution in [0, 0.1) is 11.8 Å². The molecule has 11 heteroatoms. The van der Waals surface area contributed by atoms with Crippen LogP contribution in [0.3, 0.4) is 0 Å². The van der Waals surface area contributed by atoms with Crippen molar-refractivity contribution < 1.29 is 38.1 Å². The molecule has 1 N–H and O–H groups in total. The molecule has 11 nitrogen and oxygen atoms in total. The van der Waals surface area contributed by atoms with Gasteiger partial charge in [-0.05, 0) is 66.8 Å². The highest BCUT2D eigenvalue weighted by molar-refractivity contribution is 6.03. The number of rotatable bonds is 12. The minimum Gasteiger partial charge on any atom is -0.497 e. The first kappa shape index (κ1) is 34.6. The molecule has 3 amide bonds. The molecule has 3 atom stereocenters. The van der Waals surface area contributed by atoms with E-state index < -0.39 is 24.1 Å². The summed E-state index contributed by atoms with van der Waals surface area (Å²) in [6.45, 7) is 3.65. The van der Waals surface area contributed by atoms with Crippen LogP contribution in [0.25, 0.3) is 0 Å². The van der Waals surface area contributed by atoms with Crippen molar-refractivity contribution in [1.82, 2.24) is 10.2 Å². The molecule has 1 fully saturated rings. The maximum atomic E-state index is 15.0. The number of hydrogen-bond donors (Lipinski definition) is 1. The van der Waals surface area contributed by atoms with E-state index in [1.807, 2.05) is 44.2 Å². The van der Waals surface area contributed by atoms with E-state index in [4.69, 9.17) is 18.9 Å². The van der Waals surface area contributed by atoms with Gasteiger partial charge in [0.2, 0.25) is 18.6 Å². The van der Waals surface area contributed by atoms with Gasteiger partial charge in [-0.15, -0.1) is 0 Å². The zero-order valence-corrected chi connectivity index (χ0v) is 29.3. The molecule has 0 unspecified atom stereocenters. The van der Waals surface area contributed by atoms with Gasteiger partial charge in [-0.25, -0.2) is 4.79 Å². The van der Waals surface area contributed by atoms with Crippen LogP contribution in [0.1, 0.15) is 64.6 Å². The summed E-state index contributed by atoms with van der Waals surface area (Å²) in [7, 11) is 1.59. The molecule has 52 heavy (non-hydrogen) atoms. The van der Waals surface area contributed by atoms with E-state index in [0.717, 1.165) is 18.4 Å². The quantitative estimate of drug-likeness (QED) is 0.180. The van der Waals surface area contributed by atoms with E-state index in [9.17, 15) is 19.2 Å². The first-order chi connectivity index (χ1) is 25.2. The van der Waals surface area contributed by atoms with Crippen LogP contribution in [-0.2, 0) is 20.9 Å². The molecular weight excluding hydrogens is 662 g/mol. The Labute approximate surface area is 302 Å². The number of hydrogen-bond acceptors (Lipinski definition) is 8. The SMILES string of the molecule is COc1ccc(CN(C(=O)c2ccccc2)[C@H]2c3cc4c(cc3N(C(=O)[C@@H](NC(=O)C3CC3)C(C)C)[C@@H]2COC(=O)c2ccccc2)OCO4)cc1. The van der Waals surface area contributed by atoms with Gasteiger partial charge in [0.1, 0.15) is 18.4 Å². The van der Waals surface area contributed by atoms with E-state index in [2.05, 4.69) is 5.32 Å². The lowest BCUT2D eigenvalue weighted by Crippen LogP contribution is -2.56. The van der Waals surface area contributed by atoms with Crippen LogP contribution in [0.4, 0.5) is 5.69 Å². The van der Waals surface area contributed by atoms with Crippen molar-refractivity contribution in [3.8, 4) is 17.2 Å². The molecule has 0 saturated heterocycles. The highest BCUT2D eigenvalue weighted by Crippen LogP contribution is 2.50. The van der Waals surface area contributed by atoms with Gasteiger partial charge in [0.15, 0.2) is 11.5 Å². The molecule has 2 aliphatic heterocycles. The summed E-state index contributed by atoms with van der Waals surface area (Å²) in [5.74, 6) is -0.234. The molecule has 2 heterocycles. The molecule has 4 aromatic rings. The summed E-state index contributed by atoms with van der Waals surface area (Å²) < 4.78 is 23.0. The monoisotopic (exact) mass is 703 g/mol. The molecule has 3 aliphatic rings. The molecular formula is C41H41N3O8. The predicted molar refractivity (Wildman–Crippen MR) is 192 cm³/mol. The summed E-state index contributed by atoms with van der Waals surface area (Å²) in [4.78, 5) is 59.6. The Morgan fingerprint density at radius 2 is 1.50 bits per heavy atom. The van der Waals surface area contributed by atoms with E-state index in [1.165, 1.54) is 0 Å². The number of benzene rings is 4. The van der Waals surface area contributed by atoms with Gasteiger partial charge in [-0.2, -0.15) is 0 Å². The Bertz CT molecular complexity index is 1950. The van der Waals surface area contributed by atoms with Gasteiger partial charge in [-0.1, -0.05) is 62.4 Å². The van der Waals surface area contributed by atoms with Crippen LogP contribution >= 0.6 is 0 Å². The second-order valence-corrected chi connectivity index (χ2v) is 13.6. The summed E-state index contributed by atoms with van der Waals surface area (Å²) in [6.07, 6.45) is 1.56. The second-order valence-electron chi connectivity index (χ2n) is 13.6. The Kier molecular flexibility index (Phi) is 9.84. The van der Waals surface area contributed by atoms with Crippen molar-refractivity contribution in [3.63, 3.8) is 0 Å². The topological polar surface area (TPSA) is 124 Å². The highest BCUT2D eigenvalue weighted by Gasteiger charge is 2.50. The summed E-state index contributed by atoms with van der Waals surface area (Å²) in [5, 5.41) is 3.01. The number of amides is 3. The summed E-state index contributed by atoms with van der Waals surface area (Å²) in [5.41, 5.74) is 2.70. The van der Waals surface area contributed by atoms with Crippen molar-refractivity contribution >= 4 is 29.4 Å². The van der Waals surface area contributed by atoms with Crippen LogP contribution in [0.5, 0.6) is 17.2 Å². The standard InChI is InChI=1S/C41H41N3O8/c1-25(2)36(42-38(45)27-16-17-27)40(47)44-32-21-35-34(51-24-52-35)20-31(32)37(33(44)23-50-41(48)29-12-8-5-9-13-29)43(39(46)28-10-6-4-7-11-28)22-26-14-18-30(49-3)19-15-26/h4-15,18-21,25,27,33,36-37H,16-17,22-24H2,1-3H3,(H,42,45)/t33-,36+,37+/m1/s1. The van der Waals surface area contributed by atoms with Crippen LogP contribution in [0.2, 0.25) is 0 Å². The van der Waals surface area contributed by atoms with Crippen molar-refractivity contribution in [3.05, 3.63) is 119 Å². The third-order valence-corrected chi connectivity index (χ3v) is 9.74. The molecule has 268 valence electrons. The number of anilines is 1. The van der Waals surface area contributed by atoms with Crippen LogP contribution in [0.15, 0.2) is 97.1 Å². The average molecular weight is 704 g/mol. The third kappa shape index (κ3) is 7.03. The van der Waals surface area contributed by atoms with Crippen molar-refractivity contribution in [2.24, 2.45) is 11.8 Å². The number of ether oxygens (including phenoxy) is 4. The van der Waals surface area contributed by atoms with Crippen LogP contribution < -0.4 is 24.4 Å². The van der Waals surface area contributed by atoms with E-state index in [-0.39, 0.29) is 49.5 Å². The normalized spacial score (nSPS) is 17.7. The minimum atomic E-state index is -0.900. The molecule has 1 saturated carbocycles. The van der Waals surface area contributed by atoms with Crippen molar-refractivity contribution in [1.29, 1.82) is 0 Å². The Morgan fingerprint density at radius 3 is 2.12 bits per heavy atom. The number of nitrogens with zero attached hydrogens (tertiary/aromatic N) is 2. The number of methoxy groups -OCH3 is 1. The molecule has 0 radical (unpaired) electrons. The first-order valence-corrected chi connectivity index (χ1v) is 17.5. The smallest absolute Gasteiger partial charge is 0.338 e. The largest absolute Gasteiger partial charge is 0.497 e. The number of nitrogens with one attached hydrogen (secondary N) is 1. The number of carbonyl (C=O) groups is 4. The predicted octanol–water partition coefficient (Wildman–Crippen LogP) is 5.93. The van der Waals surface area contributed by atoms with Crippen molar-refractivity contribution in [2.45, 2.75) is 51.4 Å². The van der Waals surface area contributed by atoms with Crippen molar-refractivity contribution in [2.75, 3.05) is 25.4 Å². The van der Waals surface area contributed by atoms with E-state index in [1.54, 1.807) is 83.6 Å². The van der Waals surface area contributed by atoms with E-state index in [0.29, 0.717) is 39.6 Å². The van der Waals surface area contributed by atoms with Gasteiger partial charge < -0.3 is 34.1 Å². The number of carbonyl (C=O) groups excluding carboxylic acids is 4. The van der Waals surface area contributed by atoms with Gasteiger partial charge in [0.05, 0.1) is 30.4 Å². The average Bonchev–Trinajstić information content (AvgIpc) is 3.85. The van der Waals surface area contributed by atoms with Gasteiger partial charge in [0.25, 0.3) is 5.91 Å². The second kappa shape index (κ2) is 14.8. The third-order valence-electron chi connectivity index (χ3n) is 9.74. The molecule has 0 bridgehead atoms. The fourth-order valence-corrected chi connectivity index (χ4v) is 6.81. The Balaban J connectivity index is 1.36. The zero-order chi connectivity index (χ0) is 36.4. The minimum absolute atomic E-state index is 0.000466. The summed E-state index contributed by atoms with van der Waals surface area (Å²) >= 11 is 0. The highest BCUT2D eigenvalue weighted by atomic mass is 16.7. The first-order valence-electron chi connectivity index (χ1n) is 17.5. The van der Waals surface area contributed by atoms with Crippen LogP contribution in [-0.4, -0.2) is 61.2 Å². The molecule has 0 aromatic heterocycles. The van der Waals surface area contributed by atoms with E-state index >= 15 is 0 Å². The number of esters is 1. The Hall–Kier alpha value is -5.84. The molecule has 4 aromatic carbocycles. The van der Waals surface area contributed by atoms with Gasteiger partial charge in [0, 0.05) is 29.7 Å². The molecule has 0 spiro atoms. The van der Waals surface area contributed by atoms with Gasteiger partial charge >= 0.3 is 5.97 Å². The lowest BCUT2D eigenvalue weighted by molar-refractivity contribution is -0.129. The fraction of sp³-hybridized carbons (Fsp3) is 0.317. The van der Waals surface area contributed by atoms with Gasteiger partial charge in [-0.3, -0.25) is 14.4 Å². The Morgan fingerprint density at radius 1 is 0.865 bits per heavy atom. The molecule has 7 rings (SSSR count). The molecule has 1 aliphatic carbocycles. The maximum absolute atomic E-state index is 15.0. The summed E-state index contributed by atoms with van der Waals surface area (Å²) in [6, 6.07) is 25.9.